The van der Waals surface area contributed by atoms with Gasteiger partial charge in [0.15, 0.2) is 0 Å². The zero-order valence-corrected chi connectivity index (χ0v) is 11.0. The summed E-state index contributed by atoms with van der Waals surface area (Å²) in [5, 5.41) is 8.50. The van der Waals surface area contributed by atoms with Gasteiger partial charge in [-0.2, -0.15) is 0 Å². The molecule has 0 aliphatic heterocycles. The summed E-state index contributed by atoms with van der Waals surface area (Å²) in [6, 6.07) is 0. The zero-order chi connectivity index (χ0) is 14.0. The van der Waals surface area contributed by atoms with Crippen molar-refractivity contribution in [3.8, 4) is 0 Å². The number of nitrogens with zero attached hydrogens (tertiary/aromatic N) is 1. The number of rotatable bonds is 10. The lowest BCUT2D eigenvalue weighted by Crippen LogP contribution is -2.42. The summed E-state index contributed by atoms with van der Waals surface area (Å²) in [4.78, 5) is 23.3. The average Bonchev–Trinajstić information content (AvgIpc) is 2.35. The summed E-state index contributed by atoms with van der Waals surface area (Å²) < 4.78 is 18.0. The number of ether oxygens (including phenoxy) is 1. The lowest BCUT2D eigenvalue weighted by Gasteiger charge is -2.23. The van der Waals surface area contributed by atoms with Crippen LogP contribution >= 0.6 is 0 Å². The molecule has 0 aromatic rings. The molecule has 1 amide bonds. The van der Waals surface area contributed by atoms with E-state index in [0.29, 0.717) is 26.1 Å². The fourth-order valence-electron chi connectivity index (χ4n) is 1.55. The van der Waals surface area contributed by atoms with E-state index in [1.165, 1.54) is 4.90 Å². The molecule has 0 aromatic carbocycles. The summed E-state index contributed by atoms with van der Waals surface area (Å²) in [7, 11) is 1.54. The maximum atomic E-state index is 13.2. The highest BCUT2D eigenvalue weighted by Crippen LogP contribution is 2.05. The summed E-state index contributed by atoms with van der Waals surface area (Å²) in [5.74, 6) is -2.69. The van der Waals surface area contributed by atoms with Gasteiger partial charge in [0.1, 0.15) is 0 Å². The van der Waals surface area contributed by atoms with Gasteiger partial charge in [0.2, 0.25) is 0 Å². The highest BCUT2D eigenvalue weighted by molar-refractivity contribution is 5.99. The van der Waals surface area contributed by atoms with E-state index < -0.39 is 18.0 Å². The van der Waals surface area contributed by atoms with Crippen molar-refractivity contribution in [3.05, 3.63) is 0 Å². The van der Waals surface area contributed by atoms with Gasteiger partial charge in [0.25, 0.3) is 12.1 Å². The second-order valence-corrected chi connectivity index (χ2v) is 4.08. The lowest BCUT2D eigenvalue weighted by atomic mass is 10.2. The molecular formula is C12H22FNO4. The summed E-state index contributed by atoms with van der Waals surface area (Å²) in [6.45, 7) is 3.20. The van der Waals surface area contributed by atoms with Gasteiger partial charge < -0.3 is 14.7 Å². The molecule has 106 valence electrons. The molecule has 1 N–H and O–H groups in total. The maximum Gasteiger partial charge on any atom is 0.348 e. The van der Waals surface area contributed by atoms with E-state index in [1.54, 1.807) is 7.11 Å². The van der Waals surface area contributed by atoms with Gasteiger partial charge in [-0.25, -0.2) is 9.18 Å². The normalized spacial score (nSPS) is 12.2. The van der Waals surface area contributed by atoms with Crippen LogP contribution in [0.25, 0.3) is 0 Å². The first-order valence-corrected chi connectivity index (χ1v) is 6.19. The van der Waals surface area contributed by atoms with Crippen LogP contribution in [0.2, 0.25) is 0 Å². The van der Waals surface area contributed by atoms with Crippen LogP contribution in [0.15, 0.2) is 0 Å². The van der Waals surface area contributed by atoms with Crippen LogP contribution < -0.4 is 0 Å². The van der Waals surface area contributed by atoms with Gasteiger partial charge in [-0.05, 0) is 12.8 Å². The van der Waals surface area contributed by atoms with Crippen molar-refractivity contribution in [3.63, 3.8) is 0 Å². The predicted molar refractivity (Wildman–Crippen MR) is 65.1 cm³/mol. The maximum absolute atomic E-state index is 13.2. The number of amides is 1. The summed E-state index contributed by atoms with van der Waals surface area (Å²) in [6.07, 6.45) is 0.771. The van der Waals surface area contributed by atoms with Crippen LogP contribution in [0.1, 0.15) is 32.6 Å². The number of unbranched alkanes of at least 4 members (excludes halogenated alkanes) is 2. The molecule has 0 rings (SSSR count). The third-order valence-electron chi connectivity index (χ3n) is 2.55. The number of hydrogen-bond acceptors (Lipinski definition) is 3. The van der Waals surface area contributed by atoms with Gasteiger partial charge in [-0.3, -0.25) is 4.79 Å². The Kier molecular flexibility index (Phi) is 9.18. The fourth-order valence-corrected chi connectivity index (χ4v) is 1.55. The molecule has 0 bridgehead atoms. The van der Waals surface area contributed by atoms with Crippen LogP contribution in [0, 0.1) is 0 Å². The third-order valence-corrected chi connectivity index (χ3v) is 2.55. The van der Waals surface area contributed by atoms with Crippen LogP contribution in [0.3, 0.4) is 0 Å². The van der Waals surface area contributed by atoms with Crippen LogP contribution in [-0.4, -0.2) is 54.9 Å². The molecular weight excluding hydrogens is 241 g/mol. The van der Waals surface area contributed by atoms with E-state index in [9.17, 15) is 14.0 Å². The minimum Gasteiger partial charge on any atom is -0.479 e. The van der Waals surface area contributed by atoms with Crippen molar-refractivity contribution in [1.29, 1.82) is 0 Å². The van der Waals surface area contributed by atoms with Crippen LogP contribution in [-0.2, 0) is 14.3 Å². The molecule has 0 aliphatic rings. The molecule has 1 unspecified atom stereocenters. The smallest absolute Gasteiger partial charge is 0.348 e. The number of carbonyl (C=O) groups is 2. The Hall–Kier alpha value is -1.17. The average molecular weight is 263 g/mol. The number of carbonyl (C=O) groups excluding carboxylic acids is 1. The molecule has 0 saturated heterocycles. The Balaban J connectivity index is 4.33. The van der Waals surface area contributed by atoms with Crippen molar-refractivity contribution in [2.45, 2.75) is 38.8 Å². The SMILES string of the molecule is CCCCCN(CCCOC)C(=O)C(F)C(=O)O. The molecule has 1 atom stereocenters. The highest BCUT2D eigenvalue weighted by atomic mass is 19.1. The van der Waals surface area contributed by atoms with E-state index in [4.69, 9.17) is 9.84 Å². The van der Waals surface area contributed by atoms with Crippen molar-refractivity contribution in [2.24, 2.45) is 0 Å². The highest BCUT2D eigenvalue weighted by Gasteiger charge is 2.29. The largest absolute Gasteiger partial charge is 0.479 e. The number of alkyl halides is 1. The Morgan fingerprint density at radius 2 is 1.89 bits per heavy atom. The predicted octanol–water partition coefficient (Wildman–Crippen LogP) is 1.46. The first-order chi connectivity index (χ1) is 8.54. The van der Waals surface area contributed by atoms with Crippen LogP contribution in [0.4, 0.5) is 4.39 Å². The molecule has 0 saturated carbocycles. The standard InChI is InChI=1S/C12H22FNO4/c1-3-4-5-7-14(8-6-9-18-2)11(15)10(13)12(16)17/h10H,3-9H2,1-2H3,(H,16,17). The molecule has 0 spiro atoms. The number of hydrogen-bond donors (Lipinski definition) is 1. The second-order valence-electron chi connectivity index (χ2n) is 4.08. The van der Waals surface area contributed by atoms with Crippen molar-refractivity contribution >= 4 is 11.9 Å². The quantitative estimate of drug-likeness (QED) is 0.478. The van der Waals surface area contributed by atoms with E-state index in [-0.39, 0.29) is 0 Å². The number of aliphatic carboxylic acids is 1. The molecule has 18 heavy (non-hydrogen) atoms. The van der Waals surface area contributed by atoms with Gasteiger partial charge in [0.05, 0.1) is 0 Å². The molecule has 0 heterocycles. The second kappa shape index (κ2) is 9.82. The zero-order valence-electron chi connectivity index (χ0n) is 11.0. The monoisotopic (exact) mass is 263 g/mol. The van der Waals surface area contributed by atoms with Gasteiger partial charge in [0, 0.05) is 26.8 Å². The van der Waals surface area contributed by atoms with Gasteiger partial charge in [-0.15, -0.1) is 0 Å². The Labute approximate surface area is 107 Å². The van der Waals surface area contributed by atoms with Gasteiger partial charge >= 0.3 is 5.97 Å². The van der Waals surface area contributed by atoms with Crippen molar-refractivity contribution in [1.82, 2.24) is 4.90 Å². The number of carboxylic acids is 1. The number of halogens is 1. The number of carboxylic acid groups (broad SMARTS) is 1. The van der Waals surface area contributed by atoms with E-state index in [2.05, 4.69) is 0 Å². The van der Waals surface area contributed by atoms with Crippen molar-refractivity contribution in [2.75, 3.05) is 26.8 Å². The third kappa shape index (κ3) is 6.54. The molecule has 0 fully saturated rings. The molecule has 6 heteroatoms. The van der Waals surface area contributed by atoms with E-state index in [1.807, 2.05) is 6.92 Å². The van der Waals surface area contributed by atoms with Crippen LogP contribution in [0.5, 0.6) is 0 Å². The number of methoxy groups -OCH3 is 1. The van der Waals surface area contributed by atoms with E-state index in [0.717, 1.165) is 19.3 Å². The van der Waals surface area contributed by atoms with E-state index >= 15 is 0 Å². The minimum absolute atomic E-state index is 0.323. The first-order valence-electron chi connectivity index (χ1n) is 6.19. The summed E-state index contributed by atoms with van der Waals surface area (Å²) in [5.41, 5.74) is 0. The Morgan fingerprint density at radius 1 is 1.28 bits per heavy atom. The molecule has 0 radical (unpaired) electrons. The topological polar surface area (TPSA) is 66.8 Å². The van der Waals surface area contributed by atoms with Crippen molar-refractivity contribution < 1.29 is 23.8 Å². The lowest BCUT2D eigenvalue weighted by molar-refractivity contribution is -0.152. The molecule has 0 aromatic heterocycles. The first kappa shape index (κ1) is 16.8. The Morgan fingerprint density at radius 3 is 2.39 bits per heavy atom. The molecule has 0 aliphatic carbocycles. The van der Waals surface area contributed by atoms with Gasteiger partial charge in [-0.1, -0.05) is 19.8 Å². The molecule has 5 nitrogen and oxygen atoms in total. The Bertz CT molecular complexity index is 250. The summed E-state index contributed by atoms with van der Waals surface area (Å²) >= 11 is 0. The minimum atomic E-state index is -2.46. The fraction of sp³-hybridized carbons (Fsp3) is 0.833.